The lowest BCUT2D eigenvalue weighted by molar-refractivity contribution is -0.117. The number of imidazole rings is 1. The van der Waals surface area contributed by atoms with Crippen molar-refractivity contribution >= 4 is 101 Å². The second-order valence-electron chi connectivity index (χ2n) is 11.8. The normalized spacial score (nSPS) is 10.9. The summed E-state index contributed by atoms with van der Waals surface area (Å²) in [6.45, 7) is 7.23. The van der Waals surface area contributed by atoms with Gasteiger partial charge in [-0.05, 0) is 20.8 Å². The van der Waals surface area contributed by atoms with Gasteiger partial charge in [0.2, 0.25) is 0 Å². The fourth-order valence-corrected chi connectivity index (χ4v) is 6.42. The van der Waals surface area contributed by atoms with Crippen LogP contribution >= 0.6 is 68.7 Å². The molecule has 0 atom stereocenters. The number of nitrogen functional groups attached to an aromatic ring is 1. The molecule has 0 bridgehead atoms. The zero-order valence-electron chi connectivity index (χ0n) is 32.3. The van der Waals surface area contributed by atoms with E-state index in [-0.39, 0.29) is 6.03 Å². The molecule has 0 unspecified atom stereocenters. The van der Waals surface area contributed by atoms with Crippen molar-refractivity contribution in [3.8, 4) is 0 Å². The highest BCUT2D eigenvalue weighted by molar-refractivity contribution is 7.14. The minimum Gasteiger partial charge on any atom is -0.444 e. The van der Waals surface area contributed by atoms with Crippen LogP contribution in [0.5, 0.6) is 0 Å². The largest absolute Gasteiger partial charge is 0.444 e. The molecule has 0 aliphatic rings. The molecule has 5 N–H and O–H groups in total. The maximum atomic E-state index is 11.7. The van der Waals surface area contributed by atoms with Gasteiger partial charge in [0.25, 0.3) is 0 Å². The number of hydrogen-bond donors (Lipinski definition) is 4. The third-order valence-electron chi connectivity index (χ3n) is 6.09. The van der Waals surface area contributed by atoms with E-state index in [9.17, 15) is 9.59 Å². The Morgan fingerprint density at radius 3 is 1.62 bits per heavy atom. The number of carbonyl (C=O) groups is 2. The minimum atomic E-state index is -0.513. The molecular formula is C31H47Cl2N13O6S4. The first-order valence-corrected chi connectivity index (χ1v) is 20.5. The number of nitrogens with zero attached hydrogens (tertiary/aromatic N) is 9. The van der Waals surface area contributed by atoms with E-state index in [0.717, 1.165) is 22.8 Å². The zero-order valence-corrected chi connectivity index (χ0v) is 37.1. The lowest BCUT2D eigenvalue weighted by Gasteiger charge is -2.18. The number of amides is 2. The molecule has 0 aromatic carbocycles. The zero-order chi connectivity index (χ0) is 41.7. The van der Waals surface area contributed by atoms with Crippen LogP contribution in [0.4, 0.5) is 30.1 Å². The maximum absolute atomic E-state index is 11.7. The molecule has 310 valence electrons. The van der Waals surface area contributed by atoms with E-state index < -0.39 is 11.7 Å². The van der Waals surface area contributed by atoms with Crippen LogP contribution in [0.1, 0.15) is 43.5 Å². The van der Waals surface area contributed by atoms with E-state index in [2.05, 4.69) is 40.4 Å². The van der Waals surface area contributed by atoms with E-state index in [1.165, 1.54) is 56.2 Å². The number of ether oxygens (including phenoxy) is 1. The summed E-state index contributed by atoms with van der Waals surface area (Å²) in [5, 5.41) is 20.1. The first kappa shape index (κ1) is 48.6. The molecule has 0 radical (unpaired) electrons. The second kappa shape index (κ2) is 25.6. The van der Waals surface area contributed by atoms with E-state index in [1.807, 2.05) is 56.4 Å². The fraction of sp³-hybridized carbons (Fsp3) is 0.452. The molecule has 56 heavy (non-hydrogen) atoms. The number of rotatable bonds is 13. The van der Waals surface area contributed by atoms with Gasteiger partial charge in [-0.1, -0.05) is 0 Å². The summed E-state index contributed by atoms with van der Waals surface area (Å²) < 4.78 is 6.48. The molecular weight excluding hydrogens is 850 g/mol. The van der Waals surface area contributed by atoms with Crippen LogP contribution in [0.2, 0.25) is 0 Å². The van der Waals surface area contributed by atoms with Crippen LogP contribution in [0.15, 0.2) is 40.2 Å². The summed E-state index contributed by atoms with van der Waals surface area (Å²) >= 11 is 16.3. The van der Waals surface area contributed by atoms with Crippen LogP contribution in [0.3, 0.4) is 0 Å². The molecule has 0 fully saturated rings. The van der Waals surface area contributed by atoms with Gasteiger partial charge in [0.15, 0.2) is 20.5 Å². The molecule has 0 aliphatic carbocycles. The monoisotopic (exact) mass is 895 g/mol. The number of thiazole rings is 4. The second-order valence-corrected chi connectivity index (χ2v) is 15.7. The molecule has 5 aromatic heterocycles. The van der Waals surface area contributed by atoms with Crippen molar-refractivity contribution in [3.05, 3.63) is 63.0 Å². The summed E-state index contributed by atoms with van der Waals surface area (Å²) in [6, 6.07) is -0.284. The van der Waals surface area contributed by atoms with Crippen LogP contribution in [-0.4, -0.2) is 105 Å². The van der Waals surface area contributed by atoms with Crippen LogP contribution in [0, 0.1) is 0 Å². The smallest absolute Gasteiger partial charge is 0.413 e. The van der Waals surface area contributed by atoms with Gasteiger partial charge in [-0.15, -0.1) is 56.9 Å². The van der Waals surface area contributed by atoms with Gasteiger partial charge < -0.3 is 25.0 Å². The average molecular weight is 897 g/mol. The molecule has 2 amide bonds. The quantitative estimate of drug-likeness (QED) is 0.0529. The molecule has 0 aliphatic heterocycles. The van der Waals surface area contributed by atoms with Crippen molar-refractivity contribution in [2.45, 2.75) is 51.9 Å². The fourth-order valence-electron chi connectivity index (χ4n) is 3.49. The number of halogens is 2. The Balaban J connectivity index is 0.000000268. The third kappa shape index (κ3) is 20.0. The summed E-state index contributed by atoms with van der Waals surface area (Å²) in [7, 11) is 10.3. The van der Waals surface area contributed by atoms with E-state index in [1.54, 1.807) is 56.0 Å². The first-order chi connectivity index (χ1) is 26.6. The van der Waals surface area contributed by atoms with Gasteiger partial charge in [0.05, 0.1) is 69.6 Å². The standard InChI is InChI=1S/C11H19N3O3S.C10H13N5O2S.C6H11N3OS.C4H4Cl2N2S/c1-11(2,3)17-10(15)13-9-12-8(7-18-9)6-14(4)16-5;1-14(17-2)5-8-6-18-9(12-8)13-10(16)15-4-3-11-7-15;1-9(10-2)3-5-4-11-6(7)8-5;5-1-3-2-9-4(7-3)8-6/h7H,6H2,1-5H3,(H,12,13,15);3-4,6-7H,5H2,1-2H3,(H,12,13,16);4H,3H2,1-2H3,(H2,7,8);2H,1H2,(H,7,8). The van der Waals surface area contributed by atoms with Gasteiger partial charge in [0.1, 0.15) is 11.9 Å². The highest BCUT2D eigenvalue weighted by atomic mass is 35.5. The SMILES string of the molecule is CON(C)Cc1csc(N)n1.CON(C)Cc1csc(NC(=O)OC(C)(C)C)n1.CON(C)Cc1csc(NC(=O)n2ccnc2)n1.ClCc1csc(NCl)n1. The van der Waals surface area contributed by atoms with E-state index in [0.29, 0.717) is 46.0 Å². The molecule has 0 spiro atoms. The van der Waals surface area contributed by atoms with E-state index in [4.69, 9.17) is 48.4 Å². The molecule has 25 heteroatoms. The summed E-state index contributed by atoms with van der Waals surface area (Å²) in [4.78, 5) is 60.9. The Morgan fingerprint density at radius 1 is 0.768 bits per heavy atom. The van der Waals surface area contributed by atoms with Gasteiger partial charge in [0, 0.05) is 66.8 Å². The molecule has 0 saturated heterocycles. The lowest BCUT2D eigenvalue weighted by Crippen LogP contribution is -2.27. The Bertz CT molecular complexity index is 1820. The summed E-state index contributed by atoms with van der Waals surface area (Å²) in [5.41, 5.74) is 8.39. The van der Waals surface area contributed by atoms with Crippen molar-refractivity contribution in [2.75, 3.05) is 63.7 Å². The topological polar surface area (TPSA) is 212 Å². The van der Waals surface area contributed by atoms with Gasteiger partial charge in [-0.25, -0.2) is 34.5 Å². The number of anilines is 4. The molecule has 19 nitrogen and oxygen atoms in total. The molecule has 5 heterocycles. The highest BCUT2D eigenvalue weighted by Crippen LogP contribution is 2.19. The van der Waals surface area contributed by atoms with Crippen LogP contribution in [-0.2, 0) is 44.8 Å². The average Bonchev–Trinajstić information content (AvgIpc) is 4.01. The number of hydroxylamine groups is 6. The highest BCUT2D eigenvalue weighted by Gasteiger charge is 2.17. The summed E-state index contributed by atoms with van der Waals surface area (Å²) in [5.74, 6) is 0.440. The van der Waals surface area contributed by atoms with Gasteiger partial charge >= 0.3 is 12.1 Å². The molecule has 5 rings (SSSR count). The van der Waals surface area contributed by atoms with Crippen molar-refractivity contribution in [1.82, 2.24) is 44.7 Å². The Hall–Kier alpha value is -3.59. The number of carbonyl (C=O) groups excluding carboxylic acids is 2. The van der Waals surface area contributed by atoms with Gasteiger partial charge in [-0.3, -0.25) is 20.0 Å². The first-order valence-electron chi connectivity index (χ1n) is 16.1. The predicted octanol–water partition coefficient (Wildman–Crippen LogP) is 7.06. The number of nitrogens with one attached hydrogen (secondary N) is 3. The number of hydrogen-bond acceptors (Lipinski definition) is 20. The Morgan fingerprint density at radius 2 is 1.23 bits per heavy atom. The van der Waals surface area contributed by atoms with Crippen molar-refractivity contribution in [2.24, 2.45) is 0 Å². The van der Waals surface area contributed by atoms with Crippen LogP contribution in [0.25, 0.3) is 0 Å². The summed E-state index contributed by atoms with van der Waals surface area (Å²) in [6.07, 6.45) is 4.05. The van der Waals surface area contributed by atoms with Crippen molar-refractivity contribution in [1.29, 1.82) is 0 Å². The van der Waals surface area contributed by atoms with Gasteiger partial charge in [-0.2, -0.15) is 15.2 Å². The third-order valence-corrected chi connectivity index (χ3v) is 9.80. The van der Waals surface area contributed by atoms with Crippen molar-refractivity contribution in [3.63, 3.8) is 0 Å². The lowest BCUT2D eigenvalue weighted by atomic mass is 10.2. The molecule has 0 saturated carbocycles. The molecule has 5 aromatic rings. The number of aromatic nitrogens is 6. The Kier molecular flexibility index (Phi) is 22.2. The van der Waals surface area contributed by atoms with Crippen LogP contribution < -0.4 is 21.2 Å². The number of nitrogens with two attached hydrogens (primary N) is 1. The predicted molar refractivity (Wildman–Crippen MR) is 224 cm³/mol. The number of alkyl halides is 1. The maximum Gasteiger partial charge on any atom is 0.413 e. The van der Waals surface area contributed by atoms with E-state index >= 15 is 0 Å². The minimum absolute atomic E-state index is 0.284. The van der Waals surface area contributed by atoms with Crippen molar-refractivity contribution < 1.29 is 28.8 Å². The Labute approximate surface area is 351 Å².